The molecule has 1 aromatic rings. The summed E-state index contributed by atoms with van der Waals surface area (Å²) >= 11 is 3.39. The van der Waals surface area contributed by atoms with Gasteiger partial charge in [0.05, 0.1) is 17.9 Å². The van der Waals surface area contributed by atoms with Gasteiger partial charge in [-0.25, -0.2) is 0 Å². The topological polar surface area (TPSA) is 58.4 Å². The first-order valence-corrected chi connectivity index (χ1v) is 6.25. The Labute approximate surface area is 110 Å². The highest BCUT2D eigenvalue weighted by molar-refractivity contribution is 9.10. The van der Waals surface area contributed by atoms with Gasteiger partial charge < -0.3 is 16.0 Å². The van der Waals surface area contributed by atoms with E-state index in [9.17, 15) is 4.79 Å². The third-order valence-corrected chi connectivity index (χ3v) is 2.73. The van der Waals surface area contributed by atoms with E-state index in [4.69, 9.17) is 5.73 Å². The molecule has 0 spiro atoms. The molecule has 1 amide bonds. The minimum Gasteiger partial charge on any atom is -0.397 e. The molecule has 0 saturated heterocycles. The predicted molar refractivity (Wildman–Crippen MR) is 75.1 cm³/mol. The van der Waals surface area contributed by atoms with Crippen molar-refractivity contribution in [3.8, 4) is 0 Å². The molecule has 1 aromatic carbocycles. The summed E-state index contributed by atoms with van der Waals surface area (Å²) in [5.74, 6) is -0.0122. The number of likely N-dealkylation sites (N-methyl/N-ethyl adjacent to an activating group) is 1. The van der Waals surface area contributed by atoms with Crippen molar-refractivity contribution in [2.75, 3.05) is 24.2 Å². The summed E-state index contributed by atoms with van der Waals surface area (Å²) in [7, 11) is 1.85. The van der Waals surface area contributed by atoms with Crippen LogP contribution in [0.25, 0.3) is 0 Å². The molecule has 0 atom stereocenters. The zero-order valence-corrected chi connectivity index (χ0v) is 11.9. The molecule has 17 heavy (non-hydrogen) atoms. The second kappa shape index (κ2) is 5.91. The van der Waals surface area contributed by atoms with Crippen LogP contribution in [0.3, 0.4) is 0 Å². The molecule has 94 valence electrons. The maximum Gasteiger partial charge on any atom is 0.239 e. The molecule has 3 N–H and O–H groups in total. The molecular weight excluding hydrogens is 282 g/mol. The van der Waals surface area contributed by atoms with Gasteiger partial charge in [-0.05, 0) is 32.0 Å². The predicted octanol–water partition coefficient (Wildman–Crippen LogP) is 1.99. The average Bonchev–Trinajstić information content (AvgIpc) is 2.20. The van der Waals surface area contributed by atoms with Crippen LogP contribution in [0.4, 0.5) is 11.4 Å². The van der Waals surface area contributed by atoms with E-state index in [0.29, 0.717) is 12.2 Å². The number of carbonyl (C=O) groups is 1. The molecule has 0 bridgehead atoms. The van der Waals surface area contributed by atoms with Gasteiger partial charge in [0.2, 0.25) is 5.91 Å². The van der Waals surface area contributed by atoms with Crippen molar-refractivity contribution >= 4 is 33.2 Å². The zero-order valence-electron chi connectivity index (χ0n) is 10.3. The molecule has 0 fully saturated rings. The van der Waals surface area contributed by atoms with Gasteiger partial charge in [0, 0.05) is 17.6 Å². The van der Waals surface area contributed by atoms with Gasteiger partial charge in [-0.1, -0.05) is 15.9 Å². The lowest BCUT2D eigenvalue weighted by molar-refractivity contribution is -0.120. The number of halogens is 1. The minimum atomic E-state index is -0.0122. The summed E-state index contributed by atoms with van der Waals surface area (Å²) in [6, 6.07) is 5.74. The Kier molecular flexibility index (Phi) is 4.81. The average molecular weight is 300 g/mol. The van der Waals surface area contributed by atoms with Gasteiger partial charge in [-0.3, -0.25) is 4.79 Å². The SMILES string of the molecule is CC(C)NC(=O)CN(C)c1cc(Br)ccc1N. The van der Waals surface area contributed by atoms with E-state index >= 15 is 0 Å². The van der Waals surface area contributed by atoms with Crippen LogP contribution < -0.4 is 16.0 Å². The smallest absolute Gasteiger partial charge is 0.239 e. The quantitative estimate of drug-likeness (QED) is 0.836. The molecule has 0 aliphatic rings. The fourth-order valence-corrected chi connectivity index (χ4v) is 1.86. The van der Waals surface area contributed by atoms with Gasteiger partial charge >= 0.3 is 0 Å². The van der Waals surface area contributed by atoms with E-state index < -0.39 is 0 Å². The third kappa shape index (κ3) is 4.26. The number of nitrogen functional groups attached to an aromatic ring is 1. The normalized spacial score (nSPS) is 10.4. The first-order valence-electron chi connectivity index (χ1n) is 5.45. The maximum atomic E-state index is 11.6. The molecule has 0 aliphatic carbocycles. The highest BCUT2D eigenvalue weighted by Gasteiger charge is 2.11. The van der Waals surface area contributed by atoms with Crippen LogP contribution in [0, 0.1) is 0 Å². The van der Waals surface area contributed by atoms with Crippen molar-refractivity contribution in [2.24, 2.45) is 0 Å². The summed E-state index contributed by atoms with van der Waals surface area (Å²) in [5, 5.41) is 2.84. The number of anilines is 2. The number of hydrogen-bond donors (Lipinski definition) is 2. The van der Waals surface area contributed by atoms with Gasteiger partial charge in [-0.15, -0.1) is 0 Å². The number of benzene rings is 1. The summed E-state index contributed by atoms with van der Waals surface area (Å²) < 4.78 is 0.942. The van der Waals surface area contributed by atoms with Gasteiger partial charge in [0.25, 0.3) is 0 Å². The molecule has 1 rings (SSSR count). The Bertz CT molecular complexity index is 407. The first kappa shape index (κ1) is 13.8. The second-order valence-corrected chi connectivity index (χ2v) is 5.20. The van der Waals surface area contributed by atoms with E-state index in [2.05, 4.69) is 21.2 Å². The first-order chi connectivity index (χ1) is 7.90. The number of amides is 1. The highest BCUT2D eigenvalue weighted by atomic mass is 79.9. The Balaban J connectivity index is 2.72. The molecule has 4 nitrogen and oxygen atoms in total. The summed E-state index contributed by atoms with van der Waals surface area (Å²) in [6.07, 6.45) is 0. The van der Waals surface area contributed by atoms with Crippen molar-refractivity contribution in [3.05, 3.63) is 22.7 Å². The second-order valence-electron chi connectivity index (χ2n) is 4.28. The van der Waals surface area contributed by atoms with E-state index in [1.165, 1.54) is 0 Å². The number of nitrogens with two attached hydrogens (primary N) is 1. The summed E-state index contributed by atoms with van der Waals surface area (Å²) in [4.78, 5) is 13.5. The van der Waals surface area contributed by atoms with Gasteiger partial charge in [0.15, 0.2) is 0 Å². The van der Waals surface area contributed by atoms with E-state index in [0.717, 1.165) is 10.2 Å². The van der Waals surface area contributed by atoms with Crippen LogP contribution in [-0.4, -0.2) is 25.5 Å². The van der Waals surface area contributed by atoms with Crippen molar-refractivity contribution in [1.29, 1.82) is 0 Å². The molecule has 0 saturated carbocycles. The van der Waals surface area contributed by atoms with Crippen LogP contribution >= 0.6 is 15.9 Å². The largest absolute Gasteiger partial charge is 0.397 e. The van der Waals surface area contributed by atoms with Gasteiger partial charge in [0.1, 0.15) is 0 Å². The molecule has 0 heterocycles. The molecule has 0 aliphatic heterocycles. The molecule has 0 radical (unpaired) electrons. The number of nitrogens with one attached hydrogen (secondary N) is 1. The highest BCUT2D eigenvalue weighted by Crippen LogP contribution is 2.25. The molecule has 0 aromatic heterocycles. The summed E-state index contributed by atoms with van der Waals surface area (Å²) in [5.41, 5.74) is 7.38. The Morgan fingerprint density at radius 2 is 2.18 bits per heavy atom. The standard InChI is InChI=1S/C12H18BrN3O/c1-8(2)15-12(17)7-16(3)11-6-9(13)4-5-10(11)14/h4-6,8H,7,14H2,1-3H3,(H,15,17). The lowest BCUT2D eigenvalue weighted by Gasteiger charge is -2.21. The maximum absolute atomic E-state index is 11.6. The van der Waals surface area contributed by atoms with Crippen LogP contribution in [0.1, 0.15) is 13.8 Å². The van der Waals surface area contributed by atoms with Crippen molar-refractivity contribution in [3.63, 3.8) is 0 Å². The number of rotatable bonds is 4. The molecular formula is C12H18BrN3O. The Hall–Kier alpha value is -1.23. The van der Waals surface area contributed by atoms with Crippen molar-refractivity contribution < 1.29 is 4.79 Å². The third-order valence-electron chi connectivity index (χ3n) is 2.23. The zero-order chi connectivity index (χ0) is 13.0. The van der Waals surface area contributed by atoms with Crippen molar-refractivity contribution in [1.82, 2.24) is 5.32 Å². The molecule has 5 heteroatoms. The summed E-state index contributed by atoms with van der Waals surface area (Å²) in [6.45, 7) is 4.16. The lowest BCUT2D eigenvalue weighted by atomic mass is 10.2. The van der Waals surface area contributed by atoms with Gasteiger partial charge in [-0.2, -0.15) is 0 Å². The van der Waals surface area contributed by atoms with Crippen LogP contribution in [-0.2, 0) is 4.79 Å². The van der Waals surface area contributed by atoms with Crippen LogP contribution in [0.2, 0.25) is 0 Å². The fraction of sp³-hybridized carbons (Fsp3) is 0.417. The lowest BCUT2D eigenvalue weighted by Crippen LogP contribution is -2.38. The van der Waals surface area contributed by atoms with E-state index in [-0.39, 0.29) is 11.9 Å². The number of hydrogen-bond acceptors (Lipinski definition) is 3. The van der Waals surface area contributed by atoms with E-state index in [1.54, 1.807) is 0 Å². The molecule has 0 unspecified atom stereocenters. The van der Waals surface area contributed by atoms with Crippen molar-refractivity contribution in [2.45, 2.75) is 19.9 Å². The van der Waals surface area contributed by atoms with Crippen LogP contribution in [0.15, 0.2) is 22.7 Å². The van der Waals surface area contributed by atoms with Crippen LogP contribution in [0.5, 0.6) is 0 Å². The monoisotopic (exact) mass is 299 g/mol. The Morgan fingerprint density at radius 1 is 1.53 bits per heavy atom. The minimum absolute atomic E-state index is 0.0122. The number of nitrogens with zero attached hydrogens (tertiary/aromatic N) is 1. The number of carbonyl (C=O) groups excluding carboxylic acids is 1. The van der Waals surface area contributed by atoms with E-state index in [1.807, 2.05) is 44.0 Å². The Morgan fingerprint density at radius 3 is 2.76 bits per heavy atom. The fourth-order valence-electron chi connectivity index (χ4n) is 1.52.